The molecule has 1 saturated heterocycles. The van der Waals surface area contributed by atoms with Crippen molar-refractivity contribution in [3.8, 4) is 0 Å². The second-order valence-electron chi connectivity index (χ2n) is 5.55. The molecular formula is C14H21NO6. The van der Waals surface area contributed by atoms with Crippen LogP contribution in [0.2, 0.25) is 0 Å². The quantitative estimate of drug-likeness (QED) is 0.776. The van der Waals surface area contributed by atoms with Crippen LogP contribution >= 0.6 is 0 Å². The number of carbonyl (C=O) groups excluding carboxylic acids is 3. The number of hydrogen-bond acceptors (Lipinski definition) is 6. The number of amides is 2. The molecule has 2 amide bonds. The highest BCUT2D eigenvalue weighted by Crippen LogP contribution is 2.43. The van der Waals surface area contributed by atoms with Crippen LogP contribution in [-0.2, 0) is 19.1 Å². The summed E-state index contributed by atoms with van der Waals surface area (Å²) < 4.78 is 9.50. The Morgan fingerprint density at radius 1 is 1.38 bits per heavy atom. The molecule has 2 rings (SSSR count). The van der Waals surface area contributed by atoms with Gasteiger partial charge in [0.2, 0.25) is 5.91 Å². The molecule has 1 aliphatic carbocycles. The first-order valence-corrected chi connectivity index (χ1v) is 7.24. The van der Waals surface area contributed by atoms with Crippen LogP contribution in [0.5, 0.6) is 0 Å². The molecular weight excluding hydrogens is 278 g/mol. The molecule has 0 aromatic heterocycles. The van der Waals surface area contributed by atoms with Crippen LogP contribution < -0.4 is 0 Å². The Labute approximate surface area is 123 Å². The van der Waals surface area contributed by atoms with Gasteiger partial charge in [0.15, 0.2) is 0 Å². The normalized spacial score (nSPS) is 27.8. The Morgan fingerprint density at radius 2 is 2.00 bits per heavy atom. The average molecular weight is 299 g/mol. The summed E-state index contributed by atoms with van der Waals surface area (Å²) in [5.74, 6) is -1.97. The van der Waals surface area contributed by atoms with E-state index < -0.39 is 35.5 Å². The fourth-order valence-electron chi connectivity index (χ4n) is 3.28. The van der Waals surface area contributed by atoms with Crippen LogP contribution in [0.4, 0.5) is 4.79 Å². The molecule has 2 aliphatic rings. The van der Waals surface area contributed by atoms with E-state index in [0.717, 1.165) is 17.7 Å². The highest BCUT2D eigenvalue weighted by Gasteiger charge is 2.55. The van der Waals surface area contributed by atoms with Crippen LogP contribution in [-0.4, -0.2) is 53.3 Å². The van der Waals surface area contributed by atoms with Crippen LogP contribution in [0, 0.1) is 5.92 Å². The van der Waals surface area contributed by atoms with Crippen molar-refractivity contribution in [2.75, 3.05) is 13.7 Å². The van der Waals surface area contributed by atoms with Crippen LogP contribution in [0.15, 0.2) is 0 Å². The van der Waals surface area contributed by atoms with Crippen LogP contribution in [0.25, 0.3) is 0 Å². The molecule has 118 valence electrons. The second-order valence-corrected chi connectivity index (χ2v) is 5.55. The predicted molar refractivity (Wildman–Crippen MR) is 71.2 cm³/mol. The summed E-state index contributed by atoms with van der Waals surface area (Å²) in [5.41, 5.74) is -1.13. The lowest BCUT2D eigenvalue weighted by molar-refractivity contribution is -0.148. The molecule has 2 atom stereocenters. The molecule has 2 fully saturated rings. The first-order chi connectivity index (χ1) is 9.94. The van der Waals surface area contributed by atoms with Gasteiger partial charge in [-0.1, -0.05) is 12.8 Å². The lowest BCUT2D eigenvalue weighted by Crippen LogP contribution is -2.45. The van der Waals surface area contributed by atoms with Gasteiger partial charge in [0, 0.05) is 0 Å². The molecule has 0 spiro atoms. The highest BCUT2D eigenvalue weighted by molar-refractivity contribution is 6.01. The van der Waals surface area contributed by atoms with E-state index in [1.54, 1.807) is 6.92 Å². The molecule has 0 bridgehead atoms. The van der Waals surface area contributed by atoms with Gasteiger partial charge in [0.05, 0.1) is 25.2 Å². The number of aliphatic hydroxyl groups is 1. The number of hydrogen-bond donors (Lipinski definition) is 1. The van der Waals surface area contributed by atoms with Crippen molar-refractivity contribution in [2.45, 2.75) is 50.7 Å². The first kappa shape index (κ1) is 15.8. The van der Waals surface area contributed by atoms with Gasteiger partial charge < -0.3 is 14.6 Å². The van der Waals surface area contributed by atoms with Gasteiger partial charge in [-0.05, 0) is 26.2 Å². The third-order valence-electron chi connectivity index (χ3n) is 4.36. The number of esters is 1. The fraction of sp³-hybridized carbons (Fsp3) is 0.786. The van der Waals surface area contributed by atoms with Crippen molar-refractivity contribution >= 4 is 18.0 Å². The average Bonchev–Trinajstić information content (AvgIpc) is 3.03. The standard InChI is InChI=1S/C14H21NO6/c1-3-21-13(18)15-10(12(17)20-2)8-9(11(15)16)14(19)6-4-5-7-14/h9-10,19H,3-8H2,1-2H3/t9-,10+/m1/s1. The largest absolute Gasteiger partial charge is 0.467 e. The van der Waals surface area contributed by atoms with Crippen LogP contribution in [0.1, 0.15) is 39.0 Å². The molecule has 0 aromatic carbocycles. The molecule has 1 saturated carbocycles. The van der Waals surface area contributed by atoms with Crippen molar-refractivity contribution in [1.82, 2.24) is 4.90 Å². The Hall–Kier alpha value is -1.63. The smallest absolute Gasteiger partial charge is 0.417 e. The maximum Gasteiger partial charge on any atom is 0.417 e. The number of imide groups is 1. The fourth-order valence-corrected chi connectivity index (χ4v) is 3.28. The molecule has 21 heavy (non-hydrogen) atoms. The molecule has 7 heteroatoms. The predicted octanol–water partition coefficient (Wildman–Crippen LogP) is 0.838. The number of rotatable bonds is 3. The number of nitrogens with zero attached hydrogens (tertiary/aromatic N) is 1. The third-order valence-corrected chi connectivity index (χ3v) is 4.36. The van der Waals surface area contributed by atoms with E-state index in [1.165, 1.54) is 7.11 Å². The van der Waals surface area contributed by atoms with Gasteiger partial charge in [-0.25, -0.2) is 14.5 Å². The van der Waals surface area contributed by atoms with Gasteiger partial charge in [-0.2, -0.15) is 0 Å². The summed E-state index contributed by atoms with van der Waals surface area (Å²) in [6.07, 6.45) is 1.91. The Bertz CT molecular complexity index is 443. The third kappa shape index (κ3) is 2.74. The molecule has 1 heterocycles. The maximum atomic E-state index is 12.5. The number of likely N-dealkylation sites (tertiary alicyclic amines) is 1. The number of methoxy groups -OCH3 is 1. The van der Waals surface area contributed by atoms with Gasteiger partial charge in [0.1, 0.15) is 6.04 Å². The van der Waals surface area contributed by atoms with E-state index in [1.807, 2.05) is 0 Å². The SMILES string of the molecule is CCOC(=O)N1C(=O)[C@H](C2(O)CCCC2)C[C@H]1C(=O)OC. The van der Waals surface area contributed by atoms with E-state index in [9.17, 15) is 19.5 Å². The number of carbonyl (C=O) groups is 3. The second kappa shape index (κ2) is 6.01. The molecule has 0 radical (unpaired) electrons. The first-order valence-electron chi connectivity index (χ1n) is 7.24. The summed E-state index contributed by atoms with van der Waals surface area (Å²) in [6, 6.07) is -1.02. The van der Waals surface area contributed by atoms with Gasteiger partial charge >= 0.3 is 12.1 Å². The summed E-state index contributed by atoms with van der Waals surface area (Å²) in [7, 11) is 1.20. The van der Waals surface area contributed by atoms with Crippen molar-refractivity contribution in [2.24, 2.45) is 5.92 Å². The zero-order chi connectivity index (χ0) is 15.6. The summed E-state index contributed by atoms with van der Waals surface area (Å²) in [4.78, 5) is 37.1. The number of ether oxygens (including phenoxy) is 2. The molecule has 0 unspecified atom stereocenters. The summed E-state index contributed by atoms with van der Waals surface area (Å²) in [5, 5.41) is 10.6. The Kier molecular flexibility index (Phi) is 4.51. The molecule has 0 aromatic rings. The van der Waals surface area contributed by atoms with Gasteiger partial charge in [-0.3, -0.25) is 4.79 Å². The monoisotopic (exact) mass is 299 g/mol. The van der Waals surface area contributed by atoms with Crippen molar-refractivity contribution in [3.05, 3.63) is 0 Å². The summed E-state index contributed by atoms with van der Waals surface area (Å²) in [6.45, 7) is 1.72. The van der Waals surface area contributed by atoms with E-state index in [2.05, 4.69) is 4.74 Å². The molecule has 1 aliphatic heterocycles. The van der Waals surface area contributed by atoms with Crippen molar-refractivity contribution in [1.29, 1.82) is 0 Å². The summed E-state index contributed by atoms with van der Waals surface area (Å²) >= 11 is 0. The lowest BCUT2D eigenvalue weighted by atomic mass is 9.83. The van der Waals surface area contributed by atoms with Crippen molar-refractivity contribution < 1.29 is 29.0 Å². The maximum absolute atomic E-state index is 12.5. The molecule has 7 nitrogen and oxygen atoms in total. The highest BCUT2D eigenvalue weighted by atomic mass is 16.6. The van der Waals surface area contributed by atoms with E-state index in [0.29, 0.717) is 12.8 Å². The Balaban J connectivity index is 2.26. The minimum Gasteiger partial charge on any atom is -0.467 e. The van der Waals surface area contributed by atoms with E-state index >= 15 is 0 Å². The minimum absolute atomic E-state index is 0.0841. The zero-order valence-corrected chi connectivity index (χ0v) is 12.3. The van der Waals surface area contributed by atoms with E-state index in [4.69, 9.17) is 4.74 Å². The van der Waals surface area contributed by atoms with Gasteiger partial charge in [-0.15, -0.1) is 0 Å². The zero-order valence-electron chi connectivity index (χ0n) is 12.3. The Morgan fingerprint density at radius 3 is 2.52 bits per heavy atom. The van der Waals surface area contributed by atoms with Crippen molar-refractivity contribution in [3.63, 3.8) is 0 Å². The lowest BCUT2D eigenvalue weighted by Gasteiger charge is -2.27. The van der Waals surface area contributed by atoms with Crippen LogP contribution in [0.3, 0.4) is 0 Å². The van der Waals surface area contributed by atoms with E-state index in [-0.39, 0.29) is 13.0 Å². The minimum atomic E-state index is -1.13. The van der Waals surface area contributed by atoms with Gasteiger partial charge in [0.25, 0.3) is 0 Å². The molecule has 1 N–H and O–H groups in total. The topological polar surface area (TPSA) is 93.1 Å².